The van der Waals surface area contributed by atoms with E-state index in [9.17, 15) is 4.79 Å². The first kappa shape index (κ1) is 22.2. The molecule has 5 nitrogen and oxygen atoms in total. The standard InChI is InChI=1S/C16H28N4O.2ClH/c1-19-15(7-11-18-19)14-8-12-20(13-9-14)16(21)6-4-2-3-5-10-17;;/h7,11,14H,2-6,8-10,12-13,17H2,1H3;2*1H. The van der Waals surface area contributed by atoms with E-state index in [1.807, 2.05) is 22.8 Å². The maximum absolute atomic E-state index is 12.2. The Hall–Kier alpha value is -0.780. The van der Waals surface area contributed by atoms with E-state index in [4.69, 9.17) is 5.73 Å². The van der Waals surface area contributed by atoms with Gasteiger partial charge >= 0.3 is 0 Å². The first-order valence-electron chi connectivity index (χ1n) is 8.18. The predicted octanol–water partition coefficient (Wildman–Crippen LogP) is 2.88. The third-order valence-electron chi connectivity index (χ3n) is 4.47. The molecule has 1 aliphatic heterocycles. The van der Waals surface area contributed by atoms with Crippen LogP contribution in [0.1, 0.15) is 56.6 Å². The molecule has 134 valence electrons. The van der Waals surface area contributed by atoms with Crippen LogP contribution in [0.5, 0.6) is 0 Å². The van der Waals surface area contributed by atoms with E-state index < -0.39 is 0 Å². The molecule has 0 bridgehead atoms. The molecule has 1 aromatic heterocycles. The number of hydrogen-bond donors (Lipinski definition) is 1. The lowest BCUT2D eigenvalue weighted by Gasteiger charge is -2.32. The van der Waals surface area contributed by atoms with Gasteiger partial charge in [-0.25, -0.2) is 0 Å². The Bertz CT molecular complexity index is 445. The zero-order valence-corrected chi connectivity index (χ0v) is 15.6. The molecule has 0 unspecified atom stereocenters. The highest BCUT2D eigenvalue weighted by Gasteiger charge is 2.24. The number of aromatic nitrogens is 2. The quantitative estimate of drug-likeness (QED) is 0.756. The lowest BCUT2D eigenvalue weighted by molar-refractivity contribution is -0.132. The highest BCUT2D eigenvalue weighted by molar-refractivity contribution is 5.85. The third-order valence-corrected chi connectivity index (χ3v) is 4.47. The predicted molar refractivity (Wildman–Crippen MR) is 98.4 cm³/mol. The number of carbonyl (C=O) groups excluding carboxylic acids is 1. The Morgan fingerprint density at radius 3 is 2.43 bits per heavy atom. The number of unbranched alkanes of at least 4 members (excludes halogenated alkanes) is 3. The third kappa shape index (κ3) is 6.69. The molecule has 7 heteroatoms. The molecular weight excluding hydrogens is 335 g/mol. The minimum atomic E-state index is 0. The van der Waals surface area contributed by atoms with Gasteiger partial charge in [0.25, 0.3) is 0 Å². The molecule has 2 heterocycles. The zero-order chi connectivity index (χ0) is 15.1. The van der Waals surface area contributed by atoms with Gasteiger partial charge in [0.1, 0.15) is 0 Å². The van der Waals surface area contributed by atoms with Gasteiger partial charge in [-0.1, -0.05) is 12.8 Å². The summed E-state index contributed by atoms with van der Waals surface area (Å²) in [4.78, 5) is 14.2. The van der Waals surface area contributed by atoms with Crippen LogP contribution >= 0.6 is 24.8 Å². The van der Waals surface area contributed by atoms with Crippen molar-refractivity contribution in [2.45, 2.75) is 50.9 Å². The Balaban J connectivity index is 0.00000242. The first-order chi connectivity index (χ1) is 10.2. The number of aryl methyl sites for hydroxylation is 1. The van der Waals surface area contributed by atoms with E-state index in [0.29, 0.717) is 18.2 Å². The van der Waals surface area contributed by atoms with Crippen LogP contribution in [0.2, 0.25) is 0 Å². The minimum absolute atomic E-state index is 0. The van der Waals surface area contributed by atoms with E-state index in [-0.39, 0.29) is 24.8 Å². The van der Waals surface area contributed by atoms with Crippen molar-refractivity contribution in [2.75, 3.05) is 19.6 Å². The Kier molecular flexibility index (Phi) is 11.3. The van der Waals surface area contributed by atoms with Gasteiger partial charge in [-0.2, -0.15) is 5.10 Å². The lowest BCUT2D eigenvalue weighted by Crippen LogP contribution is -2.38. The second-order valence-corrected chi connectivity index (χ2v) is 5.99. The Morgan fingerprint density at radius 1 is 1.22 bits per heavy atom. The van der Waals surface area contributed by atoms with Gasteiger partial charge in [-0.15, -0.1) is 24.8 Å². The Morgan fingerprint density at radius 2 is 1.87 bits per heavy atom. The van der Waals surface area contributed by atoms with Gasteiger partial charge in [-0.05, 0) is 38.3 Å². The maximum atomic E-state index is 12.2. The number of piperidine rings is 1. The van der Waals surface area contributed by atoms with Gasteiger partial charge in [0.2, 0.25) is 5.91 Å². The van der Waals surface area contributed by atoms with Crippen molar-refractivity contribution < 1.29 is 4.79 Å². The molecule has 0 atom stereocenters. The molecular formula is C16H30Cl2N4O. The summed E-state index contributed by atoms with van der Waals surface area (Å²) in [6.45, 7) is 2.53. The number of nitrogens with two attached hydrogens (primary N) is 1. The number of halogens is 2. The van der Waals surface area contributed by atoms with E-state index in [2.05, 4.69) is 11.2 Å². The minimum Gasteiger partial charge on any atom is -0.343 e. The van der Waals surface area contributed by atoms with Crippen molar-refractivity contribution >= 4 is 30.7 Å². The van der Waals surface area contributed by atoms with Gasteiger partial charge in [0.05, 0.1) is 0 Å². The van der Waals surface area contributed by atoms with Crippen molar-refractivity contribution in [2.24, 2.45) is 12.8 Å². The number of rotatable bonds is 7. The molecule has 0 saturated carbocycles. The van der Waals surface area contributed by atoms with Gasteiger partial charge in [0, 0.05) is 44.4 Å². The fourth-order valence-corrected chi connectivity index (χ4v) is 3.14. The van der Waals surface area contributed by atoms with Gasteiger partial charge < -0.3 is 10.6 Å². The van der Waals surface area contributed by atoms with Crippen molar-refractivity contribution in [3.8, 4) is 0 Å². The smallest absolute Gasteiger partial charge is 0.222 e. The second kappa shape index (κ2) is 11.7. The molecule has 0 spiro atoms. The largest absolute Gasteiger partial charge is 0.343 e. The molecule has 1 amide bonds. The zero-order valence-electron chi connectivity index (χ0n) is 13.9. The Labute approximate surface area is 151 Å². The van der Waals surface area contributed by atoms with Crippen LogP contribution in [-0.2, 0) is 11.8 Å². The van der Waals surface area contributed by atoms with Crippen LogP contribution < -0.4 is 5.73 Å². The molecule has 1 aliphatic rings. The number of nitrogens with zero attached hydrogens (tertiary/aromatic N) is 3. The molecule has 0 radical (unpaired) electrons. The van der Waals surface area contributed by atoms with Crippen LogP contribution in [0, 0.1) is 0 Å². The molecule has 1 aromatic rings. The average Bonchev–Trinajstić information content (AvgIpc) is 2.93. The molecule has 23 heavy (non-hydrogen) atoms. The SMILES string of the molecule is Cl.Cl.Cn1nccc1C1CCN(C(=O)CCCCCCN)CC1. The van der Waals surface area contributed by atoms with Crippen molar-refractivity contribution in [1.29, 1.82) is 0 Å². The van der Waals surface area contributed by atoms with Crippen molar-refractivity contribution in [3.63, 3.8) is 0 Å². The molecule has 0 aliphatic carbocycles. The molecule has 1 fully saturated rings. The molecule has 2 N–H and O–H groups in total. The van der Waals surface area contributed by atoms with E-state index >= 15 is 0 Å². The number of likely N-dealkylation sites (tertiary alicyclic amines) is 1. The number of amides is 1. The van der Waals surface area contributed by atoms with Crippen molar-refractivity contribution in [1.82, 2.24) is 14.7 Å². The van der Waals surface area contributed by atoms with Crippen molar-refractivity contribution in [3.05, 3.63) is 18.0 Å². The first-order valence-corrected chi connectivity index (χ1v) is 8.18. The fraction of sp³-hybridized carbons (Fsp3) is 0.750. The molecule has 1 saturated heterocycles. The highest BCUT2D eigenvalue weighted by atomic mass is 35.5. The normalized spacial score (nSPS) is 15.0. The van der Waals surface area contributed by atoms with E-state index in [1.54, 1.807) is 0 Å². The summed E-state index contributed by atoms with van der Waals surface area (Å²) < 4.78 is 1.96. The fourth-order valence-electron chi connectivity index (χ4n) is 3.14. The van der Waals surface area contributed by atoms with Crippen LogP contribution in [0.4, 0.5) is 0 Å². The van der Waals surface area contributed by atoms with Crippen LogP contribution in [0.25, 0.3) is 0 Å². The summed E-state index contributed by atoms with van der Waals surface area (Å²) in [5, 5.41) is 4.24. The maximum Gasteiger partial charge on any atom is 0.222 e. The summed E-state index contributed by atoms with van der Waals surface area (Å²) in [5.41, 5.74) is 6.77. The summed E-state index contributed by atoms with van der Waals surface area (Å²) in [6.07, 6.45) is 9.00. The summed E-state index contributed by atoms with van der Waals surface area (Å²) in [6, 6.07) is 2.10. The van der Waals surface area contributed by atoms with Crippen LogP contribution in [0.15, 0.2) is 12.3 Å². The van der Waals surface area contributed by atoms with Gasteiger partial charge in [-0.3, -0.25) is 9.48 Å². The van der Waals surface area contributed by atoms with E-state index in [1.165, 1.54) is 5.69 Å². The van der Waals surface area contributed by atoms with Crippen LogP contribution in [-0.4, -0.2) is 40.2 Å². The summed E-state index contributed by atoms with van der Waals surface area (Å²) in [5.74, 6) is 0.873. The number of hydrogen-bond acceptors (Lipinski definition) is 3. The summed E-state index contributed by atoms with van der Waals surface area (Å²) >= 11 is 0. The topological polar surface area (TPSA) is 64.2 Å². The van der Waals surface area contributed by atoms with Gasteiger partial charge in [0.15, 0.2) is 0 Å². The van der Waals surface area contributed by atoms with E-state index in [0.717, 1.165) is 58.2 Å². The molecule has 2 rings (SSSR count). The monoisotopic (exact) mass is 364 g/mol. The highest BCUT2D eigenvalue weighted by Crippen LogP contribution is 2.27. The lowest BCUT2D eigenvalue weighted by atomic mass is 9.93. The second-order valence-electron chi connectivity index (χ2n) is 5.99. The summed E-state index contributed by atoms with van der Waals surface area (Å²) in [7, 11) is 1.99. The number of carbonyl (C=O) groups is 1. The average molecular weight is 365 g/mol. The molecule has 0 aromatic carbocycles. The van der Waals surface area contributed by atoms with Crippen LogP contribution in [0.3, 0.4) is 0 Å².